The highest BCUT2D eigenvalue weighted by molar-refractivity contribution is 7.94. The standard InChI is InChI=1S/C26H33PSi/c1-21-13-7-10-16-24(21)27(19-20-28(4,5)6,25-17-11-8-14-22(25)2)26-18-12-9-15-23(26)3/h7-19H,20H2,1-6H3. The fraction of sp³-hybridized carbons (Fsp3) is 0.269. The fourth-order valence-corrected chi connectivity index (χ4v) is 11.5. The van der Waals surface area contributed by atoms with Crippen LogP contribution in [0.15, 0.2) is 72.8 Å². The van der Waals surface area contributed by atoms with Gasteiger partial charge in [0.15, 0.2) is 0 Å². The summed E-state index contributed by atoms with van der Waals surface area (Å²) in [7, 11) is -1.25. The van der Waals surface area contributed by atoms with E-state index in [-0.39, 0.29) is 0 Å². The van der Waals surface area contributed by atoms with Gasteiger partial charge in [0.25, 0.3) is 0 Å². The second-order valence-corrected chi connectivity index (χ2v) is 17.8. The molecule has 0 heterocycles. The van der Waals surface area contributed by atoms with Crippen molar-refractivity contribution in [3.8, 4) is 0 Å². The molecule has 28 heavy (non-hydrogen) atoms. The second-order valence-electron chi connectivity index (χ2n) is 9.03. The van der Waals surface area contributed by atoms with Crippen LogP contribution in [0.3, 0.4) is 0 Å². The summed E-state index contributed by atoms with van der Waals surface area (Å²) in [6.45, 7) is 12.4. The minimum absolute atomic E-state index is 1.22. The molecule has 0 spiro atoms. The van der Waals surface area contributed by atoms with Crippen LogP contribution in [0.2, 0.25) is 25.7 Å². The topological polar surface area (TPSA) is 0 Å². The maximum atomic E-state index is 2.74. The monoisotopic (exact) mass is 404 g/mol. The fourth-order valence-electron chi connectivity index (χ4n) is 3.97. The molecule has 0 saturated carbocycles. The Morgan fingerprint density at radius 3 is 1.21 bits per heavy atom. The molecule has 0 saturated heterocycles. The number of benzene rings is 3. The van der Waals surface area contributed by atoms with Gasteiger partial charge in [-0.2, -0.15) is 0 Å². The van der Waals surface area contributed by atoms with Crippen LogP contribution in [0.1, 0.15) is 16.7 Å². The van der Waals surface area contributed by atoms with Gasteiger partial charge in [0.2, 0.25) is 0 Å². The molecule has 146 valence electrons. The first-order chi connectivity index (χ1) is 13.3. The van der Waals surface area contributed by atoms with E-state index in [2.05, 4.69) is 119 Å². The summed E-state index contributed by atoms with van der Waals surface area (Å²) in [5, 5.41) is 4.53. The van der Waals surface area contributed by atoms with E-state index < -0.39 is 15.0 Å². The molecule has 0 N–H and O–H groups in total. The van der Waals surface area contributed by atoms with Crippen molar-refractivity contribution in [2.75, 3.05) is 0 Å². The van der Waals surface area contributed by atoms with Gasteiger partial charge in [-0.15, -0.1) is 0 Å². The summed E-state index contributed by atoms with van der Waals surface area (Å²) in [6, 6.07) is 28.4. The van der Waals surface area contributed by atoms with Crippen LogP contribution in [-0.2, 0) is 0 Å². The highest BCUT2D eigenvalue weighted by Gasteiger charge is 2.29. The summed E-state index contributed by atoms with van der Waals surface area (Å²) in [4.78, 5) is 0. The number of rotatable bonds is 5. The van der Waals surface area contributed by atoms with E-state index in [1.54, 1.807) is 0 Å². The Balaban J connectivity index is 2.52. The smallest absolute Gasteiger partial charge is 0.0481 e. The van der Waals surface area contributed by atoms with Crippen LogP contribution in [-0.4, -0.2) is 13.9 Å². The van der Waals surface area contributed by atoms with Gasteiger partial charge in [0.05, 0.1) is 0 Å². The molecule has 3 aromatic carbocycles. The van der Waals surface area contributed by atoms with Crippen molar-refractivity contribution < 1.29 is 0 Å². The van der Waals surface area contributed by atoms with Crippen molar-refractivity contribution in [3.63, 3.8) is 0 Å². The largest absolute Gasteiger partial charge is 0.0769 e. The summed E-state index contributed by atoms with van der Waals surface area (Å²) in [5.41, 5.74) is 4.19. The highest BCUT2D eigenvalue weighted by Crippen LogP contribution is 2.47. The number of hydrogen-bond acceptors (Lipinski definition) is 0. The minimum atomic E-state index is -1.85. The molecule has 0 fully saturated rings. The zero-order valence-corrected chi connectivity index (χ0v) is 20.1. The second kappa shape index (κ2) is 8.27. The normalized spacial score (nSPS) is 12.1. The third-order valence-corrected chi connectivity index (χ3v) is 11.8. The van der Waals surface area contributed by atoms with Crippen LogP contribution in [0, 0.1) is 20.8 Å². The zero-order chi connectivity index (χ0) is 20.4. The molecule has 2 heteroatoms. The molecular formula is C26H33PSi. The lowest BCUT2D eigenvalue weighted by molar-refractivity contribution is 1.49. The van der Waals surface area contributed by atoms with E-state index in [0.717, 1.165) is 0 Å². The Kier molecular flexibility index (Phi) is 6.17. The van der Waals surface area contributed by atoms with E-state index >= 15 is 0 Å². The van der Waals surface area contributed by atoms with Crippen LogP contribution < -0.4 is 15.9 Å². The van der Waals surface area contributed by atoms with Gasteiger partial charge < -0.3 is 0 Å². The summed E-state index contributed by atoms with van der Waals surface area (Å²) >= 11 is 0. The van der Waals surface area contributed by atoms with E-state index in [9.17, 15) is 0 Å². The molecule has 3 aromatic rings. The first-order valence-corrected chi connectivity index (χ1v) is 15.7. The molecule has 0 aromatic heterocycles. The van der Waals surface area contributed by atoms with Crippen LogP contribution in [0.5, 0.6) is 0 Å². The summed E-state index contributed by atoms with van der Waals surface area (Å²) < 4.78 is 0. The molecule has 0 aliphatic rings. The first kappa shape index (κ1) is 20.9. The lowest BCUT2D eigenvalue weighted by Crippen LogP contribution is -2.32. The van der Waals surface area contributed by atoms with Crippen molar-refractivity contribution in [1.82, 2.24) is 0 Å². The maximum Gasteiger partial charge on any atom is 0.0481 e. The Labute approximate surface area is 172 Å². The van der Waals surface area contributed by atoms with Crippen molar-refractivity contribution in [2.24, 2.45) is 0 Å². The van der Waals surface area contributed by atoms with Crippen molar-refractivity contribution >= 4 is 36.7 Å². The predicted molar refractivity (Wildman–Crippen MR) is 134 cm³/mol. The maximum absolute atomic E-state index is 2.74. The van der Waals surface area contributed by atoms with Gasteiger partial charge in [-0.25, -0.2) is 0 Å². The van der Waals surface area contributed by atoms with Gasteiger partial charge in [0.1, 0.15) is 0 Å². The minimum Gasteiger partial charge on any atom is -0.0769 e. The molecule has 0 amide bonds. The molecule has 0 radical (unpaired) electrons. The van der Waals surface area contributed by atoms with Gasteiger partial charge >= 0.3 is 0 Å². The first-order valence-electron chi connectivity index (χ1n) is 10.2. The summed E-state index contributed by atoms with van der Waals surface area (Å²) in [5.74, 6) is 2.74. The third kappa shape index (κ3) is 4.12. The highest BCUT2D eigenvalue weighted by atomic mass is 31.2. The van der Waals surface area contributed by atoms with Gasteiger partial charge in [-0.3, -0.25) is 0 Å². The van der Waals surface area contributed by atoms with Gasteiger partial charge in [0, 0.05) is 8.07 Å². The van der Waals surface area contributed by atoms with Crippen LogP contribution >= 0.6 is 6.89 Å². The molecule has 0 unspecified atom stereocenters. The van der Waals surface area contributed by atoms with Gasteiger partial charge in [-0.05, 0) is 66.3 Å². The Bertz CT molecular complexity index is 907. The zero-order valence-electron chi connectivity index (χ0n) is 18.2. The van der Waals surface area contributed by atoms with Gasteiger partial charge in [-0.1, -0.05) is 98.2 Å². The average Bonchev–Trinajstić information content (AvgIpc) is 2.65. The van der Waals surface area contributed by atoms with E-state index in [0.29, 0.717) is 0 Å². The lowest BCUT2D eigenvalue weighted by atomic mass is 10.2. The van der Waals surface area contributed by atoms with Crippen molar-refractivity contribution in [1.29, 1.82) is 0 Å². The van der Waals surface area contributed by atoms with Crippen LogP contribution in [0.25, 0.3) is 0 Å². The Morgan fingerprint density at radius 1 is 0.607 bits per heavy atom. The molecule has 3 rings (SSSR count). The molecule has 0 aliphatic heterocycles. The Hall–Kier alpha value is -1.82. The average molecular weight is 405 g/mol. The number of hydrogen-bond donors (Lipinski definition) is 0. The molecule has 0 nitrogen and oxygen atoms in total. The quantitative estimate of drug-likeness (QED) is 0.359. The predicted octanol–water partition coefficient (Wildman–Crippen LogP) is 6.05. The molecule has 0 aliphatic carbocycles. The molecular weight excluding hydrogens is 371 g/mol. The molecule has 0 atom stereocenters. The lowest BCUT2D eigenvalue weighted by Gasteiger charge is -2.33. The summed E-state index contributed by atoms with van der Waals surface area (Å²) in [6.07, 6.45) is 0. The van der Waals surface area contributed by atoms with Crippen LogP contribution in [0.4, 0.5) is 0 Å². The SMILES string of the molecule is Cc1ccccc1P(=CC[Si](C)(C)C)(c1ccccc1C)c1ccccc1C. The Morgan fingerprint density at radius 2 is 0.929 bits per heavy atom. The third-order valence-electron chi connectivity index (χ3n) is 5.46. The molecule has 0 bridgehead atoms. The van der Waals surface area contributed by atoms with E-state index in [1.807, 2.05) is 0 Å². The van der Waals surface area contributed by atoms with Crippen molar-refractivity contribution in [2.45, 2.75) is 46.5 Å². The number of aryl methyl sites for hydroxylation is 3. The van der Waals surface area contributed by atoms with E-state index in [1.165, 1.54) is 38.6 Å². The van der Waals surface area contributed by atoms with Crippen molar-refractivity contribution in [3.05, 3.63) is 89.5 Å². The van der Waals surface area contributed by atoms with E-state index in [4.69, 9.17) is 0 Å².